The highest BCUT2D eigenvalue weighted by Crippen LogP contribution is 2.10. The molecule has 0 amide bonds. The van der Waals surface area contributed by atoms with E-state index in [0.717, 1.165) is 11.5 Å². The number of hydrogen-bond acceptors (Lipinski definition) is 5. The Balaban J connectivity index is 2.84. The Bertz CT molecular complexity index is 399. The molecule has 0 atom stereocenters. The molecule has 0 bridgehead atoms. The smallest absolute Gasteiger partial charge is 0.134 e. The number of hydrogen-bond donors (Lipinski definition) is 0. The largest absolute Gasteiger partial charge is 0.363 e. The van der Waals surface area contributed by atoms with Gasteiger partial charge in [0.1, 0.15) is 17.9 Å². The van der Waals surface area contributed by atoms with Gasteiger partial charge in [-0.1, -0.05) is 5.16 Å². The minimum absolute atomic E-state index is 0.682. The lowest BCUT2D eigenvalue weighted by Gasteiger charge is -2.10. The molecular weight excluding hydrogens is 204 g/mol. The van der Waals surface area contributed by atoms with Gasteiger partial charge in [-0.25, -0.2) is 9.97 Å². The van der Waals surface area contributed by atoms with Gasteiger partial charge < -0.3 is 9.74 Å². The average molecular weight is 220 g/mol. The van der Waals surface area contributed by atoms with Crippen molar-refractivity contribution in [1.82, 2.24) is 9.97 Å². The summed E-state index contributed by atoms with van der Waals surface area (Å²) in [6.07, 6.45) is 4.92. The van der Waals surface area contributed by atoms with Crippen LogP contribution in [-0.2, 0) is 4.84 Å². The first kappa shape index (κ1) is 12.2. The predicted molar refractivity (Wildman–Crippen MR) is 65.3 cm³/mol. The van der Waals surface area contributed by atoms with Crippen molar-refractivity contribution in [1.29, 1.82) is 0 Å². The number of nitrogens with zero attached hydrogens (tertiary/aromatic N) is 4. The summed E-state index contributed by atoms with van der Waals surface area (Å²) in [5, 5.41) is 3.68. The molecule has 86 valence electrons. The van der Waals surface area contributed by atoms with Gasteiger partial charge in [0.25, 0.3) is 0 Å². The summed E-state index contributed by atoms with van der Waals surface area (Å²) in [5.41, 5.74) is 0.794. The van der Waals surface area contributed by atoms with Gasteiger partial charge >= 0.3 is 0 Å². The van der Waals surface area contributed by atoms with E-state index in [-0.39, 0.29) is 0 Å². The Morgan fingerprint density at radius 3 is 2.81 bits per heavy atom. The Morgan fingerprint density at radius 1 is 1.44 bits per heavy atom. The summed E-state index contributed by atoms with van der Waals surface area (Å²) in [4.78, 5) is 15.2. The molecule has 0 aliphatic carbocycles. The van der Waals surface area contributed by atoms with E-state index in [4.69, 9.17) is 4.84 Å². The van der Waals surface area contributed by atoms with Crippen LogP contribution < -0.4 is 4.90 Å². The predicted octanol–water partition coefficient (Wildman–Crippen LogP) is 1.93. The zero-order chi connectivity index (χ0) is 12.0. The first-order valence-corrected chi connectivity index (χ1v) is 4.96. The SMILES string of the molecule is C/C=N/O/C(C)=C/c1cc(N(C)C)ncn1. The first-order valence-electron chi connectivity index (χ1n) is 4.96. The van der Waals surface area contributed by atoms with E-state index < -0.39 is 0 Å². The number of aromatic nitrogens is 2. The van der Waals surface area contributed by atoms with Crippen molar-refractivity contribution >= 4 is 18.1 Å². The molecule has 0 spiro atoms. The number of rotatable bonds is 4. The van der Waals surface area contributed by atoms with Crippen molar-refractivity contribution in [3.8, 4) is 0 Å². The topological polar surface area (TPSA) is 50.6 Å². The maximum atomic E-state index is 5.05. The maximum Gasteiger partial charge on any atom is 0.134 e. The monoisotopic (exact) mass is 220 g/mol. The van der Waals surface area contributed by atoms with E-state index in [9.17, 15) is 0 Å². The van der Waals surface area contributed by atoms with Gasteiger partial charge in [0.05, 0.1) is 5.69 Å². The molecule has 0 aromatic carbocycles. The van der Waals surface area contributed by atoms with Crippen molar-refractivity contribution < 1.29 is 4.84 Å². The quantitative estimate of drug-likeness (QED) is 0.442. The maximum absolute atomic E-state index is 5.05. The van der Waals surface area contributed by atoms with Crippen LogP contribution in [0.4, 0.5) is 5.82 Å². The zero-order valence-electron chi connectivity index (χ0n) is 10.0. The van der Waals surface area contributed by atoms with Gasteiger partial charge in [-0.05, 0) is 13.8 Å². The molecule has 0 aliphatic heterocycles. The van der Waals surface area contributed by atoms with Gasteiger partial charge in [-0.15, -0.1) is 0 Å². The molecule has 0 unspecified atom stereocenters. The molecule has 1 heterocycles. The van der Waals surface area contributed by atoms with Gasteiger partial charge in [-0.2, -0.15) is 0 Å². The van der Waals surface area contributed by atoms with Crippen molar-refractivity contribution in [2.75, 3.05) is 19.0 Å². The summed E-state index contributed by atoms with van der Waals surface area (Å²) in [6, 6.07) is 1.88. The van der Waals surface area contributed by atoms with E-state index in [2.05, 4.69) is 15.1 Å². The molecule has 0 aliphatic rings. The third-order valence-electron chi connectivity index (χ3n) is 1.79. The fourth-order valence-electron chi connectivity index (χ4n) is 1.06. The van der Waals surface area contributed by atoms with Crippen molar-refractivity contribution in [2.24, 2.45) is 5.16 Å². The molecule has 0 fully saturated rings. The van der Waals surface area contributed by atoms with E-state index in [1.807, 2.05) is 38.1 Å². The summed E-state index contributed by atoms with van der Waals surface area (Å²) in [6.45, 7) is 3.62. The Morgan fingerprint density at radius 2 is 2.19 bits per heavy atom. The first-order chi connectivity index (χ1) is 7.63. The third-order valence-corrected chi connectivity index (χ3v) is 1.79. The summed E-state index contributed by atoms with van der Waals surface area (Å²) < 4.78 is 0. The van der Waals surface area contributed by atoms with Crippen LogP contribution >= 0.6 is 0 Å². The molecule has 1 aromatic heterocycles. The molecule has 5 nitrogen and oxygen atoms in total. The minimum Gasteiger partial charge on any atom is -0.363 e. The Labute approximate surface area is 95.5 Å². The van der Waals surface area contributed by atoms with Gasteiger partial charge in [0.15, 0.2) is 0 Å². The van der Waals surface area contributed by atoms with Crippen LogP contribution in [-0.4, -0.2) is 30.3 Å². The highest BCUT2D eigenvalue weighted by Gasteiger charge is 1.99. The summed E-state index contributed by atoms with van der Waals surface area (Å²) >= 11 is 0. The molecule has 1 rings (SSSR count). The Kier molecular flexibility index (Phi) is 4.44. The molecule has 0 saturated carbocycles. The van der Waals surface area contributed by atoms with E-state index in [1.54, 1.807) is 13.1 Å². The summed E-state index contributed by atoms with van der Waals surface area (Å²) in [5.74, 6) is 1.54. The van der Waals surface area contributed by atoms with Crippen LogP contribution in [0.3, 0.4) is 0 Å². The van der Waals surface area contributed by atoms with E-state index >= 15 is 0 Å². The van der Waals surface area contributed by atoms with Gasteiger partial charge in [0, 0.05) is 32.5 Å². The fourth-order valence-corrected chi connectivity index (χ4v) is 1.06. The lowest BCUT2D eigenvalue weighted by Crippen LogP contribution is -2.10. The van der Waals surface area contributed by atoms with Crippen LogP contribution in [0.5, 0.6) is 0 Å². The van der Waals surface area contributed by atoms with Gasteiger partial charge in [0.2, 0.25) is 0 Å². The molecule has 0 saturated heterocycles. The van der Waals surface area contributed by atoms with Crippen LogP contribution in [0.25, 0.3) is 6.08 Å². The second-order valence-corrected chi connectivity index (χ2v) is 3.41. The standard InChI is InChI=1S/C11H16N4O/c1-5-14-16-9(2)6-10-7-11(15(3)4)13-8-12-10/h5-8H,1-4H3/b9-6+,14-5+. The van der Waals surface area contributed by atoms with Crippen molar-refractivity contribution in [3.05, 3.63) is 23.8 Å². The van der Waals surface area contributed by atoms with E-state index in [1.165, 1.54) is 6.33 Å². The van der Waals surface area contributed by atoms with Crippen LogP contribution in [0.2, 0.25) is 0 Å². The molecule has 0 N–H and O–H groups in total. The lowest BCUT2D eigenvalue weighted by molar-refractivity contribution is 0.234. The van der Waals surface area contributed by atoms with E-state index in [0.29, 0.717) is 5.76 Å². The second-order valence-electron chi connectivity index (χ2n) is 3.41. The zero-order valence-corrected chi connectivity index (χ0v) is 10.0. The van der Waals surface area contributed by atoms with Crippen LogP contribution in [0.1, 0.15) is 19.5 Å². The fraction of sp³-hybridized carbons (Fsp3) is 0.364. The highest BCUT2D eigenvalue weighted by atomic mass is 16.6. The van der Waals surface area contributed by atoms with Crippen molar-refractivity contribution in [3.63, 3.8) is 0 Å². The van der Waals surface area contributed by atoms with Gasteiger partial charge in [-0.3, -0.25) is 0 Å². The molecule has 0 radical (unpaired) electrons. The van der Waals surface area contributed by atoms with Crippen LogP contribution in [0.15, 0.2) is 23.3 Å². The van der Waals surface area contributed by atoms with Crippen molar-refractivity contribution in [2.45, 2.75) is 13.8 Å². The third kappa shape index (κ3) is 3.68. The number of oxime groups is 1. The molecule has 16 heavy (non-hydrogen) atoms. The lowest BCUT2D eigenvalue weighted by atomic mass is 10.3. The number of allylic oxidation sites excluding steroid dienone is 1. The summed E-state index contributed by atoms with van der Waals surface area (Å²) in [7, 11) is 3.86. The Hall–Kier alpha value is -1.91. The normalized spacial score (nSPS) is 11.9. The number of anilines is 1. The average Bonchev–Trinajstić information content (AvgIpc) is 2.26. The minimum atomic E-state index is 0.682. The second kappa shape index (κ2) is 5.85. The highest BCUT2D eigenvalue weighted by molar-refractivity contribution is 5.53. The molecule has 1 aromatic rings. The van der Waals surface area contributed by atoms with Crippen LogP contribution in [0, 0.1) is 0 Å². The molecule has 5 heteroatoms. The molecular formula is C11H16N4O.